The predicted octanol–water partition coefficient (Wildman–Crippen LogP) is 2.15. The zero-order chi connectivity index (χ0) is 9.84. The van der Waals surface area contributed by atoms with Gasteiger partial charge in [-0.25, -0.2) is 4.79 Å². The molecule has 0 aliphatic rings. The van der Waals surface area contributed by atoms with E-state index in [1.165, 1.54) is 0 Å². The molecule has 1 aromatic rings. The van der Waals surface area contributed by atoms with Crippen molar-refractivity contribution < 1.29 is 14.3 Å². The summed E-state index contributed by atoms with van der Waals surface area (Å²) < 4.78 is 4.54. The van der Waals surface area contributed by atoms with Gasteiger partial charge < -0.3 is 4.74 Å². The minimum absolute atomic E-state index is 0.188. The maximum Gasteiger partial charge on any atom is 0.380 e. The van der Waals surface area contributed by atoms with Gasteiger partial charge in [0, 0.05) is 0 Å². The fourth-order valence-electron chi connectivity index (χ4n) is 0.745. The average molecular weight is 219 g/mol. The molecule has 1 heterocycles. The van der Waals surface area contributed by atoms with E-state index in [9.17, 15) is 9.59 Å². The van der Waals surface area contributed by atoms with Gasteiger partial charge >= 0.3 is 5.97 Å². The van der Waals surface area contributed by atoms with E-state index in [0.717, 1.165) is 11.3 Å². The highest BCUT2D eigenvalue weighted by molar-refractivity contribution is 7.13. The van der Waals surface area contributed by atoms with E-state index < -0.39 is 11.8 Å². The second-order valence-electron chi connectivity index (χ2n) is 2.15. The number of Topliss-reactive ketones (excluding diaryl/α,β-unsaturated/α-hetero) is 1. The lowest BCUT2D eigenvalue weighted by Crippen LogP contribution is -2.16. The highest BCUT2D eigenvalue weighted by atomic mass is 35.5. The molecule has 0 bridgehead atoms. The molecule has 0 spiro atoms. The van der Waals surface area contributed by atoms with E-state index >= 15 is 0 Å². The van der Waals surface area contributed by atoms with Crippen molar-refractivity contribution in [3.8, 4) is 0 Å². The van der Waals surface area contributed by atoms with Crippen molar-refractivity contribution in [2.75, 3.05) is 6.61 Å². The average Bonchev–Trinajstić information content (AvgIpc) is 2.50. The molecule has 0 aromatic carbocycles. The second kappa shape index (κ2) is 4.39. The molecular formula is C8H7ClO3S. The Bertz CT molecular complexity index is 332. The molecule has 0 saturated heterocycles. The van der Waals surface area contributed by atoms with Crippen LogP contribution in [0.3, 0.4) is 0 Å². The summed E-state index contributed by atoms with van der Waals surface area (Å²) in [6.07, 6.45) is 0. The van der Waals surface area contributed by atoms with E-state index in [4.69, 9.17) is 11.6 Å². The summed E-state index contributed by atoms with van der Waals surface area (Å²) >= 11 is 6.79. The Labute approximate surface area is 84.3 Å². The van der Waals surface area contributed by atoms with Crippen LogP contribution in [0.15, 0.2) is 11.4 Å². The number of esters is 1. The molecular weight excluding hydrogens is 212 g/mol. The number of carbonyl (C=O) groups excluding carboxylic acids is 2. The molecule has 1 rings (SSSR count). The Morgan fingerprint density at radius 3 is 2.77 bits per heavy atom. The number of hydrogen-bond acceptors (Lipinski definition) is 4. The fraction of sp³-hybridized carbons (Fsp3) is 0.250. The van der Waals surface area contributed by atoms with E-state index in [0.29, 0.717) is 5.02 Å². The van der Waals surface area contributed by atoms with Crippen molar-refractivity contribution in [3.63, 3.8) is 0 Å². The summed E-state index contributed by atoms with van der Waals surface area (Å²) in [5.41, 5.74) is 0. The van der Waals surface area contributed by atoms with Gasteiger partial charge in [-0.2, -0.15) is 0 Å². The molecule has 0 aliphatic heterocycles. The minimum atomic E-state index is -0.855. The van der Waals surface area contributed by atoms with Crippen LogP contribution >= 0.6 is 22.9 Å². The van der Waals surface area contributed by atoms with Crippen LogP contribution in [-0.2, 0) is 9.53 Å². The number of hydrogen-bond donors (Lipinski definition) is 0. The molecule has 0 N–H and O–H groups in total. The first-order valence-electron chi connectivity index (χ1n) is 3.61. The number of carbonyl (C=O) groups is 2. The van der Waals surface area contributed by atoms with E-state index in [2.05, 4.69) is 4.74 Å². The Morgan fingerprint density at radius 1 is 1.62 bits per heavy atom. The third-order valence-electron chi connectivity index (χ3n) is 1.28. The van der Waals surface area contributed by atoms with E-state index in [-0.39, 0.29) is 11.5 Å². The van der Waals surface area contributed by atoms with Crippen molar-refractivity contribution in [1.29, 1.82) is 0 Å². The number of ketones is 1. The number of thiophene rings is 1. The van der Waals surface area contributed by atoms with Gasteiger partial charge in [-0.1, -0.05) is 11.6 Å². The maximum atomic E-state index is 11.3. The summed E-state index contributed by atoms with van der Waals surface area (Å²) in [5, 5.41) is 1.94. The van der Waals surface area contributed by atoms with Crippen molar-refractivity contribution >= 4 is 34.7 Å². The Kier molecular flexibility index (Phi) is 3.45. The standard InChI is InChI=1S/C8H7ClO3S/c1-2-12-8(11)6(10)7-5(9)3-4-13-7/h3-4H,2H2,1H3. The molecule has 0 amide bonds. The van der Waals surface area contributed by atoms with E-state index in [1.54, 1.807) is 18.4 Å². The number of ether oxygens (including phenoxy) is 1. The molecule has 0 unspecified atom stereocenters. The molecule has 0 aliphatic carbocycles. The Morgan fingerprint density at radius 2 is 2.31 bits per heavy atom. The normalized spacial score (nSPS) is 9.69. The zero-order valence-corrected chi connectivity index (χ0v) is 8.45. The summed E-state index contributed by atoms with van der Waals surface area (Å²) in [6.45, 7) is 1.83. The van der Waals surface area contributed by atoms with Crippen LogP contribution in [0, 0.1) is 0 Å². The fourth-order valence-corrected chi connectivity index (χ4v) is 1.81. The van der Waals surface area contributed by atoms with E-state index in [1.807, 2.05) is 0 Å². The topological polar surface area (TPSA) is 43.4 Å². The van der Waals surface area contributed by atoms with Gasteiger partial charge in [-0.05, 0) is 18.4 Å². The van der Waals surface area contributed by atoms with Crippen LogP contribution in [0.4, 0.5) is 0 Å². The third-order valence-corrected chi connectivity index (χ3v) is 2.62. The number of rotatable bonds is 3. The predicted molar refractivity (Wildman–Crippen MR) is 50.3 cm³/mol. The second-order valence-corrected chi connectivity index (χ2v) is 3.47. The lowest BCUT2D eigenvalue weighted by atomic mass is 10.3. The van der Waals surface area contributed by atoms with Crippen molar-refractivity contribution in [3.05, 3.63) is 21.3 Å². The minimum Gasteiger partial charge on any atom is -0.460 e. The summed E-state index contributed by atoms with van der Waals surface area (Å²) in [4.78, 5) is 22.5. The third kappa shape index (κ3) is 2.29. The highest BCUT2D eigenvalue weighted by Gasteiger charge is 2.21. The van der Waals surface area contributed by atoms with Gasteiger partial charge in [-0.15, -0.1) is 11.3 Å². The summed E-state index contributed by atoms with van der Waals surface area (Å²) in [7, 11) is 0. The van der Waals surface area contributed by atoms with Crippen LogP contribution < -0.4 is 0 Å². The molecule has 1 aromatic heterocycles. The first kappa shape index (κ1) is 10.2. The first-order valence-corrected chi connectivity index (χ1v) is 4.87. The summed E-state index contributed by atoms with van der Waals surface area (Å²) in [6, 6.07) is 1.57. The molecule has 5 heteroatoms. The maximum absolute atomic E-state index is 11.3. The van der Waals surface area contributed by atoms with Crippen LogP contribution in [0.5, 0.6) is 0 Å². The van der Waals surface area contributed by atoms with Crippen molar-refractivity contribution in [2.24, 2.45) is 0 Å². The number of halogens is 1. The van der Waals surface area contributed by atoms with Crippen LogP contribution in [0.2, 0.25) is 5.02 Å². The Balaban J connectivity index is 2.80. The van der Waals surface area contributed by atoms with Crippen LogP contribution in [0.25, 0.3) is 0 Å². The highest BCUT2D eigenvalue weighted by Crippen LogP contribution is 2.22. The van der Waals surface area contributed by atoms with Crippen LogP contribution in [-0.4, -0.2) is 18.4 Å². The molecule has 70 valence electrons. The molecule has 0 atom stereocenters. The monoisotopic (exact) mass is 218 g/mol. The molecule has 0 fully saturated rings. The first-order chi connectivity index (χ1) is 6.16. The SMILES string of the molecule is CCOC(=O)C(=O)c1sccc1Cl. The Hall–Kier alpha value is -0.870. The molecule has 3 nitrogen and oxygen atoms in total. The van der Waals surface area contributed by atoms with Crippen LogP contribution in [0.1, 0.15) is 16.6 Å². The molecule has 0 radical (unpaired) electrons. The zero-order valence-electron chi connectivity index (χ0n) is 6.87. The lowest BCUT2D eigenvalue weighted by molar-refractivity contribution is -0.137. The smallest absolute Gasteiger partial charge is 0.380 e. The van der Waals surface area contributed by atoms with Gasteiger partial charge in [0.15, 0.2) is 0 Å². The van der Waals surface area contributed by atoms with Gasteiger partial charge in [0.1, 0.15) is 4.88 Å². The van der Waals surface area contributed by atoms with Gasteiger partial charge in [0.2, 0.25) is 0 Å². The van der Waals surface area contributed by atoms with Crippen molar-refractivity contribution in [2.45, 2.75) is 6.92 Å². The van der Waals surface area contributed by atoms with Gasteiger partial charge in [0.05, 0.1) is 11.6 Å². The largest absolute Gasteiger partial charge is 0.460 e. The molecule has 13 heavy (non-hydrogen) atoms. The quantitative estimate of drug-likeness (QED) is 0.444. The molecule has 0 saturated carbocycles. The summed E-state index contributed by atoms with van der Waals surface area (Å²) in [5.74, 6) is -1.53. The lowest BCUT2D eigenvalue weighted by Gasteiger charge is -1.98. The van der Waals surface area contributed by atoms with Gasteiger partial charge in [-0.3, -0.25) is 4.79 Å². The van der Waals surface area contributed by atoms with Crippen molar-refractivity contribution in [1.82, 2.24) is 0 Å². The van der Waals surface area contributed by atoms with Gasteiger partial charge in [0.25, 0.3) is 5.78 Å².